The topological polar surface area (TPSA) is 265 Å². The van der Waals surface area contributed by atoms with Crippen molar-refractivity contribution in [3.8, 4) is 22.8 Å². The van der Waals surface area contributed by atoms with Gasteiger partial charge in [-0.3, -0.25) is 18.7 Å². The SMILES string of the molecule is O=C(Nc1ccc(-c2nc3ccc(C(=O)Nc4ccc(S(=O)(=O)O)cc4)cc3[nH]2)cc1)Nc1ccc(-c2nc3ccc(C(=O)Nc4ccc(S(=O)(=O)O)cc4)cc3[nH]2)cc1. The van der Waals surface area contributed by atoms with Crippen LogP contribution in [0.5, 0.6) is 0 Å². The molecule has 0 saturated heterocycles. The molecule has 0 aliphatic heterocycles. The van der Waals surface area contributed by atoms with Gasteiger partial charge in [-0.25, -0.2) is 14.8 Å². The molecule has 8 aromatic rings. The lowest BCUT2D eigenvalue weighted by Crippen LogP contribution is -2.19. The molecule has 0 radical (unpaired) electrons. The summed E-state index contributed by atoms with van der Waals surface area (Å²) >= 11 is 0. The van der Waals surface area contributed by atoms with Gasteiger partial charge in [0.25, 0.3) is 32.1 Å². The molecule has 2 heterocycles. The number of imidazole rings is 2. The second kappa shape index (κ2) is 15.6. The number of hydrogen-bond donors (Lipinski definition) is 8. The molecule has 0 aliphatic carbocycles. The molecule has 0 bridgehead atoms. The average molecular weight is 843 g/mol. The van der Waals surface area contributed by atoms with E-state index >= 15 is 0 Å². The number of aromatic nitrogens is 4. The van der Waals surface area contributed by atoms with Crippen molar-refractivity contribution in [2.24, 2.45) is 0 Å². The van der Waals surface area contributed by atoms with E-state index in [2.05, 4.69) is 41.2 Å². The highest BCUT2D eigenvalue weighted by Crippen LogP contribution is 2.26. The highest BCUT2D eigenvalue weighted by molar-refractivity contribution is 7.86. The highest BCUT2D eigenvalue weighted by Gasteiger charge is 2.15. The van der Waals surface area contributed by atoms with E-state index in [4.69, 9.17) is 9.11 Å². The molecule has 2 aromatic heterocycles. The van der Waals surface area contributed by atoms with Gasteiger partial charge in [-0.15, -0.1) is 0 Å². The Hall–Kier alpha value is -7.71. The van der Waals surface area contributed by atoms with Crippen LogP contribution in [0.25, 0.3) is 44.8 Å². The molecule has 6 aromatic carbocycles. The Bertz CT molecular complexity index is 2970. The number of anilines is 4. The summed E-state index contributed by atoms with van der Waals surface area (Å²) in [6, 6.07) is 33.6. The lowest BCUT2D eigenvalue weighted by atomic mass is 10.2. The van der Waals surface area contributed by atoms with Gasteiger partial charge in [0.15, 0.2) is 0 Å². The highest BCUT2D eigenvalue weighted by atomic mass is 32.2. The fourth-order valence-electron chi connectivity index (χ4n) is 6.12. The lowest BCUT2D eigenvalue weighted by molar-refractivity contribution is 0.101. The summed E-state index contributed by atoms with van der Waals surface area (Å²) in [7, 11) is -8.70. The monoisotopic (exact) mass is 842 g/mol. The molecule has 17 nitrogen and oxygen atoms in total. The van der Waals surface area contributed by atoms with Gasteiger partial charge in [-0.2, -0.15) is 16.8 Å². The van der Waals surface area contributed by atoms with Crippen molar-refractivity contribution in [3.05, 3.63) is 145 Å². The Morgan fingerprint density at radius 1 is 0.450 bits per heavy atom. The third-order valence-electron chi connectivity index (χ3n) is 9.14. The largest absolute Gasteiger partial charge is 0.338 e. The number of hydrogen-bond acceptors (Lipinski definition) is 9. The number of H-pyrrole nitrogens is 2. The summed E-state index contributed by atoms with van der Waals surface area (Å²) in [5.74, 6) is 0.218. The quantitative estimate of drug-likeness (QED) is 0.0628. The Labute approximate surface area is 340 Å². The van der Waals surface area contributed by atoms with Crippen LogP contribution in [0.4, 0.5) is 27.5 Å². The summed E-state index contributed by atoms with van der Waals surface area (Å²) < 4.78 is 63.4. The van der Waals surface area contributed by atoms with Gasteiger partial charge < -0.3 is 31.2 Å². The van der Waals surface area contributed by atoms with E-state index in [1.165, 1.54) is 48.5 Å². The van der Waals surface area contributed by atoms with Gasteiger partial charge in [0.05, 0.1) is 31.9 Å². The average Bonchev–Trinajstić information content (AvgIpc) is 3.85. The van der Waals surface area contributed by atoms with Crippen LogP contribution >= 0.6 is 0 Å². The number of aromatic amines is 2. The minimum Gasteiger partial charge on any atom is -0.338 e. The second-order valence-electron chi connectivity index (χ2n) is 13.3. The first kappa shape index (κ1) is 39.1. The molecular formula is C41H30N8O9S2. The Morgan fingerprint density at radius 2 is 0.783 bits per heavy atom. The molecule has 0 unspecified atom stereocenters. The normalized spacial score (nSPS) is 11.6. The molecule has 0 atom stereocenters. The number of rotatable bonds is 10. The number of nitrogens with zero attached hydrogens (tertiary/aromatic N) is 2. The van der Waals surface area contributed by atoms with Crippen LogP contribution in [-0.4, -0.2) is 63.7 Å². The van der Waals surface area contributed by atoms with Crippen molar-refractivity contribution in [1.29, 1.82) is 0 Å². The molecule has 60 heavy (non-hydrogen) atoms. The van der Waals surface area contributed by atoms with Crippen LogP contribution in [0, 0.1) is 0 Å². The summed E-state index contributed by atoms with van der Waals surface area (Å²) in [5.41, 5.74) is 6.32. The maximum atomic E-state index is 12.9. The van der Waals surface area contributed by atoms with Crippen LogP contribution in [-0.2, 0) is 20.2 Å². The zero-order valence-electron chi connectivity index (χ0n) is 30.7. The van der Waals surface area contributed by atoms with E-state index in [1.54, 1.807) is 84.9 Å². The molecule has 0 fully saturated rings. The summed E-state index contributed by atoms with van der Waals surface area (Å²) in [5, 5.41) is 11.0. The van der Waals surface area contributed by atoms with Crippen molar-refractivity contribution >= 4 is 82.9 Å². The number of urea groups is 1. The van der Waals surface area contributed by atoms with Crippen molar-refractivity contribution in [3.63, 3.8) is 0 Å². The molecule has 8 rings (SSSR count). The van der Waals surface area contributed by atoms with E-state index in [1.807, 2.05) is 0 Å². The summed E-state index contributed by atoms with van der Waals surface area (Å²) in [4.78, 5) is 53.6. The van der Waals surface area contributed by atoms with Crippen molar-refractivity contribution in [1.82, 2.24) is 19.9 Å². The molecule has 0 saturated carbocycles. The van der Waals surface area contributed by atoms with Gasteiger partial charge in [-0.1, -0.05) is 0 Å². The molecule has 19 heteroatoms. The number of fused-ring (bicyclic) bond motifs is 2. The Balaban J connectivity index is 0.859. The van der Waals surface area contributed by atoms with E-state index < -0.39 is 38.1 Å². The van der Waals surface area contributed by atoms with Crippen molar-refractivity contribution in [2.75, 3.05) is 21.3 Å². The fraction of sp³-hybridized carbons (Fsp3) is 0. The molecular weight excluding hydrogens is 813 g/mol. The first-order chi connectivity index (χ1) is 28.6. The number of carbonyl (C=O) groups excluding carboxylic acids is 3. The lowest BCUT2D eigenvalue weighted by Gasteiger charge is -2.08. The van der Waals surface area contributed by atoms with Gasteiger partial charge in [0, 0.05) is 45.0 Å². The molecule has 300 valence electrons. The predicted octanol–water partition coefficient (Wildman–Crippen LogP) is 7.42. The van der Waals surface area contributed by atoms with Crippen LogP contribution in [0.2, 0.25) is 0 Å². The van der Waals surface area contributed by atoms with Crippen LogP contribution in [0.15, 0.2) is 143 Å². The smallest absolute Gasteiger partial charge is 0.323 e. The van der Waals surface area contributed by atoms with Gasteiger partial charge in [0.2, 0.25) is 0 Å². The molecule has 4 amide bonds. The third-order valence-corrected chi connectivity index (χ3v) is 10.9. The molecule has 0 spiro atoms. The standard InChI is InChI=1S/C41H30N8O9S2/c50-39(42-27-11-15-31(16-12-27)59(53,54)55)25-5-19-33-35(21-25)48-37(46-33)23-1-7-29(8-2-23)44-41(52)45-30-9-3-24(4-10-30)38-47-34-20-6-26(22-36(34)49-38)40(51)43-28-13-17-32(18-14-28)60(56,57)58/h1-22H,(H,42,50)(H,43,51)(H,46,48)(H,47,49)(H2,44,45,52)(H,53,54,55)(H,56,57,58). The number of amides is 4. The van der Waals surface area contributed by atoms with Gasteiger partial charge in [-0.05, 0) is 133 Å². The van der Waals surface area contributed by atoms with Crippen molar-refractivity contribution < 1.29 is 40.3 Å². The zero-order chi connectivity index (χ0) is 42.2. The van der Waals surface area contributed by atoms with E-state index in [0.717, 1.165) is 11.1 Å². The van der Waals surface area contributed by atoms with Crippen LogP contribution in [0.3, 0.4) is 0 Å². The van der Waals surface area contributed by atoms with Crippen LogP contribution in [0.1, 0.15) is 20.7 Å². The molecule has 8 N–H and O–H groups in total. The van der Waals surface area contributed by atoms with E-state index in [0.29, 0.717) is 67.6 Å². The van der Waals surface area contributed by atoms with E-state index in [9.17, 15) is 31.2 Å². The molecule has 0 aliphatic rings. The van der Waals surface area contributed by atoms with Gasteiger partial charge >= 0.3 is 6.03 Å². The fourth-order valence-corrected chi connectivity index (χ4v) is 7.08. The maximum Gasteiger partial charge on any atom is 0.323 e. The Kier molecular flexibility index (Phi) is 10.2. The summed E-state index contributed by atoms with van der Waals surface area (Å²) in [6.07, 6.45) is 0. The maximum absolute atomic E-state index is 12.9. The minimum absolute atomic E-state index is 0.288. The zero-order valence-corrected chi connectivity index (χ0v) is 32.3. The minimum atomic E-state index is -4.35. The first-order valence-corrected chi connectivity index (χ1v) is 20.6. The van der Waals surface area contributed by atoms with Crippen LogP contribution < -0.4 is 21.3 Å². The number of nitrogens with one attached hydrogen (secondary N) is 6. The predicted molar refractivity (Wildman–Crippen MR) is 224 cm³/mol. The van der Waals surface area contributed by atoms with Gasteiger partial charge in [0.1, 0.15) is 11.6 Å². The Morgan fingerprint density at radius 3 is 1.13 bits per heavy atom. The third kappa shape index (κ3) is 8.73. The first-order valence-electron chi connectivity index (χ1n) is 17.7. The number of benzene rings is 6. The number of carbonyl (C=O) groups is 3. The van der Waals surface area contributed by atoms with E-state index in [-0.39, 0.29) is 9.79 Å². The second-order valence-corrected chi connectivity index (χ2v) is 16.1. The summed E-state index contributed by atoms with van der Waals surface area (Å²) in [6.45, 7) is 0. The van der Waals surface area contributed by atoms with Crippen molar-refractivity contribution in [2.45, 2.75) is 9.79 Å².